The van der Waals surface area contributed by atoms with Crippen LogP contribution in [0.25, 0.3) is 0 Å². The van der Waals surface area contributed by atoms with Gasteiger partial charge in [-0.25, -0.2) is 4.79 Å². The molecule has 6 atom stereocenters. The summed E-state index contributed by atoms with van der Waals surface area (Å²) in [5, 5.41) is 5.71. The molecule has 3 aliphatic carbocycles. The monoisotopic (exact) mass is 421 g/mol. The van der Waals surface area contributed by atoms with Crippen molar-refractivity contribution in [3.8, 4) is 0 Å². The van der Waals surface area contributed by atoms with Crippen molar-refractivity contribution in [2.45, 2.75) is 64.8 Å². The third-order valence-electron chi connectivity index (χ3n) is 9.26. The second-order valence-corrected chi connectivity index (χ2v) is 10.8. The number of rotatable bonds is 2. The molecule has 0 spiro atoms. The van der Waals surface area contributed by atoms with Gasteiger partial charge in [0.1, 0.15) is 5.70 Å². The summed E-state index contributed by atoms with van der Waals surface area (Å²) < 4.78 is 0. The predicted octanol–water partition coefficient (Wildman–Crippen LogP) is 5.17. The molecule has 0 saturated heterocycles. The maximum atomic E-state index is 13.1. The van der Waals surface area contributed by atoms with Crippen LogP contribution in [0.1, 0.15) is 58.8 Å². The Morgan fingerprint density at radius 3 is 2.55 bits per heavy atom. The van der Waals surface area contributed by atoms with Gasteiger partial charge in [0.15, 0.2) is 0 Å². The van der Waals surface area contributed by atoms with Gasteiger partial charge < -0.3 is 15.5 Å². The second-order valence-electron chi connectivity index (χ2n) is 10.8. The van der Waals surface area contributed by atoms with E-state index in [-0.39, 0.29) is 23.4 Å². The van der Waals surface area contributed by atoms with Crippen LogP contribution in [0.2, 0.25) is 0 Å². The molecule has 1 heterocycles. The molecule has 3 saturated carbocycles. The normalized spacial score (nSPS) is 39.1. The number of urea groups is 1. The minimum Gasteiger partial charge on any atom is -0.337 e. The van der Waals surface area contributed by atoms with Crippen LogP contribution < -0.4 is 10.6 Å². The fraction of sp³-hybridized carbons (Fsp3) is 0.615. The summed E-state index contributed by atoms with van der Waals surface area (Å²) in [6.07, 6.45) is 11.0. The molecule has 5 nitrogen and oxygen atoms in total. The van der Waals surface area contributed by atoms with Crippen molar-refractivity contribution < 1.29 is 9.59 Å². The molecule has 0 bridgehead atoms. The first-order chi connectivity index (χ1) is 14.8. The number of likely N-dealkylation sites (N-methyl/N-ethyl adjacent to an activating group) is 1. The number of hydrogen-bond donors (Lipinski definition) is 2. The number of anilines is 1. The third-order valence-corrected chi connectivity index (χ3v) is 9.26. The van der Waals surface area contributed by atoms with E-state index in [9.17, 15) is 9.59 Å². The highest BCUT2D eigenvalue weighted by Gasteiger charge is 2.58. The highest BCUT2D eigenvalue weighted by molar-refractivity contribution is 6.01. The van der Waals surface area contributed by atoms with Gasteiger partial charge in [0.2, 0.25) is 0 Å². The third kappa shape index (κ3) is 3.28. The highest BCUT2D eigenvalue weighted by Crippen LogP contribution is 2.64. The minimum atomic E-state index is -0.361. The van der Waals surface area contributed by atoms with Crippen LogP contribution >= 0.6 is 0 Å². The summed E-state index contributed by atoms with van der Waals surface area (Å²) >= 11 is 0. The first-order valence-corrected chi connectivity index (χ1v) is 11.9. The van der Waals surface area contributed by atoms with Crippen molar-refractivity contribution in [1.29, 1.82) is 0 Å². The first-order valence-electron chi connectivity index (χ1n) is 11.9. The van der Waals surface area contributed by atoms with E-state index >= 15 is 0 Å². The molecule has 166 valence electrons. The predicted molar refractivity (Wildman–Crippen MR) is 122 cm³/mol. The van der Waals surface area contributed by atoms with Crippen molar-refractivity contribution in [2.24, 2.45) is 28.6 Å². The molecule has 0 radical (unpaired) electrons. The molecule has 1 aliphatic heterocycles. The van der Waals surface area contributed by atoms with E-state index in [0.717, 1.165) is 18.3 Å². The van der Waals surface area contributed by atoms with E-state index in [2.05, 4.69) is 30.6 Å². The van der Waals surface area contributed by atoms with E-state index in [1.54, 1.807) is 0 Å². The lowest BCUT2D eigenvalue weighted by molar-refractivity contribution is -0.140. The fourth-order valence-electron chi connectivity index (χ4n) is 7.78. The Morgan fingerprint density at radius 1 is 1.00 bits per heavy atom. The molecule has 5 rings (SSSR count). The Bertz CT molecular complexity index is 912. The van der Waals surface area contributed by atoms with Crippen LogP contribution in [-0.4, -0.2) is 29.9 Å². The molecule has 3 amide bonds. The van der Waals surface area contributed by atoms with Gasteiger partial charge in [-0.2, -0.15) is 0 Å². The van der Waals surface area contributed by atoms with Gasteiger partial charge >= 0.3 is 6.03 Å². The molecule has 4 aliphatic rings. The maximum Gasteiger partial charge on any atom is 0.323 e. The number of fused-ring (bicyclic) bond motifs is 5. The van der Waals surface area contributed by atoms with E-state index in [1.807, 2.05) is 42.3 Å². The molecule has 1 aromatic rings. The standard InChI is InChI=1S/C26H35N3O2/c1-25-14-7-10-19(25)18-11-12-22-26(2,20(18)13-15-25)16-21(23(30)29(22)3)28-24(31)27-17-8-5-4-6-9-17/h4-6,8-9,16,18-20,22H,7,10-15H2,1-3H3,(H2,27,28,31)/t18-,19-,20-,22?,25-,26+/m0/s1. The summed E-state index contributed by atoms with van der Waals surface area (Å²) in [5.74, 6) is 2.05. The second kappa shape index (κ2) is 7.39. The number of nitrogens with zero attached hydrogens (tertiary/aromatic N) is 1. The zero-order valence-corrected chi connectivity index (χ0v) is 19.0. The van der Waals surface area contributed by atoms with Crippen LogP contribution in [-0.2, 0) is 4.79 Å². The number of para-hydroxylation sites is 1. The molecule has 2 N–H and O–H groups in total. The van der Waals surface area contributed by atoms with Crippen molar-refractivity contribution in [2.75, 3.05) is 12.4 Å². The van der Waals surface area contributed by atoms with Crippen LogP contribution in [0, 0.1) is 28.6 Å². The molecule has 3 fully saturated rings. The lowest BCUT2D eigenvalue weighted by atomic mass is 9.48. The molecular formula is C26H35N3O2. The van der Waals surface area contributed by atoms with Gasteiger partial charge in [-0.05, 0) is 79.9 Å². The Morgan fingerprint density at radius 2 is 1.77 bits per heavy atom. The number of hydrogen-bond acceptors (Lipinski definition) is 2. The lowest BCUT2D eigenvalue weighted by Gasteiger charge is -2.60. The van der Waals surface area contributed by atoms with Crippen LogP contribution in [0.15, 0.2) is 42.1 Å². The smallest absolute Gasteiger partial charge is 0.323 e. The molecule has 1 aromatic carbocycles. The molecule has 0 aromatic heterocycles. The van der Waals surface area contributed by atoms with Gasteiger partial charge in [0, 0.05) is 24.2 Å². The van der Waals surface area contributed by atoms with E-state index in [4.69, 9.17) is 0 Å². The summed E-state index contributed by atoms with van der Waals surface area (Å²) in [6.45, 7) is 4.86. The Hall–Kier alpha value is -2.30. The maximum absolute atomic E-state index is 13.1. The van der Waals surface area contributed by atoms with E-state index < -0.39 is 0 Å². The molecule has 1 unspecified atom stereocenters. The van der Waals surface area contributed by atoms with Crippen molar-refractivity contribution in [3.63, 3.8) is 0 Å². The van der Waals surface area contributed by atoms with Crippen LogP contribution in [0.5, 0.6) is 0 Å². The van der Waals surface area contributed by atoms with Crippen LogP contribution in [0.3, 0.4) is 0 Å². The number of carbonyl (C=O) groups excluding carboxylic acids is 2. The van der Waals surface area contributed by atoms with Gasteiger partial charge in [-0.3, -0.25) is 4.79 Å². The quantitative estimate of drug-likeness (QED) is 0.692. The van der Waals surface area contributed by atoms with Crippen molar-refractivity contribution >= 4 is 17.6 Å². The molecule has 31 heavy (non-hydrogen) atoms. The average Bonchev–Trinajstić information content (AvgIpc) is 3.14. The van der Waals surface area contributed by atoms with Gasteiger partial charge in [0.25, 0.3) is 5.91 Å². The van der Waals surface area contributed by atoms with Crippen molar-refractivity contribution in [1.82, 2.24) is 10.2 Å². The van der Waals surface area contributed by atoms with Gasteiger partial charge in [0.05, 0.1) is 0 Å². The first kappa shape index (κ1) is 20.6. The van der Waals surface area contributed by atoms with Gasteiger partial charge in [-0.15, -0.1) is 0 Å². The van der Waals surface area contributed by atoms with Gasteiger partial charge in [-0.1, -0.05) is 38.5 Å². The summed E-state index contributed by atoms with van der Waals surface area (Å²) in [7, 11) is 1.91. The SMILES string of the molecule is CN1C(=O)C(NC(=O)Nc2ccccc2)=C[C@@]2(C)C1CC[C@H]1[C@@H]3CCC[C@@]3(C)CC[C@@H]12. The summed E-state index contributed by atoms with van der Waals surface area (Å²) in [4.78, 5) is 27.7. The summed E-state index contributed by atoms with van der Waals surface area (Å²) in [6, 6.07) is 9.20. The lowest BCUT2D eigenvalue weighted by Crippen LogP contribution is -2.61. The fourth-order valence-corrected chi connectivity index (χ4v) is 7.78. The average molecular weight is 422 g/mol. The number of nitrogens with one attached hydrogen (secondary N) is 2. The van der Waals surface area contributed by atoms with E-state index in [0.29, 0.717) is 22.7 Å². The topological polar surface area (TPSA) is 61.4 Å². The highest BCUT2D eigenvalue weighted by atomic mass is 16.2. The van der Waals surface area contributed by atoms with Crippen molar-refractivity contribution in [3.05, 3.63) is 42.1 Å². The number of benzene rings is 1. The van der Waals surface area contributed by atoms with Crippen LogP contribution in [0.4, 0.5) is 10.5 Å². The minimum absolute atomic E-state index is 0.0781. The Kier molecular flexibility index (Phi) is 4.91. The molecular weight excluding hydrogens is 386 g/mol. The zero-order chi connectivity index (χ0) is 21.8. The number of carbonyl (C=O) groups is 2. The summed E-state index contributed by atoms with van der Waals surface area (Å²) in [5.41, 5.74) is 1.56. The molecule has 5 heteroatoms. The Balaban J connectivity index is 1.42. The largest absolute Gasteiger partial charge is 0.337 e. The number of amides is 3. The zero-order valence-electron chi connectivity index (χ0n) is 19.0. The van der Waals surface area contributed by atoms with E-state index in [1.165, 1.54) is 38.5 Å². The Labute approximate surface area is 185 Å².